The van der Waals surface area contributed by atoms with Crippen molar-refractivity contribution in [3.63, 3.8) is 0 Å². The van der Waals surface area contributed by atoms with Gasteiger partial charge in [0.2, 0.25) is 5.91 Å². The maximum Gasteiger partial charge on any atom is 0.271 e. The molecular formula is C20H29N5O3. The van der Waals surface area contributed by atoms with Crippen molar-refractivity contribution in [1.29, 1.82) is 0 Å². The predicted molar refractivity (Wildman–Crippen MR) is 103 cm³/mol. The topological polar surface area (TPSA) is 87.7 Å². The second-order valence-electron chi connectivity index (χ2n) is 8.22. The molecule has 1 aliphatic carbocycles. The highest BCUT2D eigenvalue weighted by atomic mass is 16.5. The van der Waals surface area contributed by atoms with Crippen molar-refractivity contribution in [2.75, 3.05) is 45.9 Å². The number of nitrogens with one attached hydrogen (secondary N) is 1. The summed E-state index contributed by atoms with van der Waals surface area (Å²) in [5.41, 5.74) is 0.282. The highest BCUT2D eigenvalue weighted by Crippen LogP contribution is 2.31. The van der Waals surface area contributed by atoms with Gasteiger partial charge < -0.3 is 19.9 Å². The van der Waals surface area contributed by atoms with Crippen LogP contribution < -0.4 is 5.32 Å². The Morgan fingerprint density at radius 2 is 1.93 bits per heavy atom. The number of aromatic nitrogens is 2. The van der Waals surface area contributed by atoms with Crippen molar-refractivity contribution in [2.24, 2.45) is 11.8 Å². The summed E-state index contributed by atoms with van der Waals surface area (Å²) in [7, 11) is 0. The Morgan fingerprint density at radius 3 is 2.64 bits per heavy atom. The average Bonchev–Trinajstić information content (AvgIpc) is 3.54. The van der Waals surface area contributed by atoms with E-state index in [-0.39, 0.29) is 30.2 Å². The van der Waals surface area contributed by atoms with Crippen molar-refractivity contribution in [1.82, 2.24) is 25.1 Å². The molecule has 28 heavy (non-hydrogen) atoms. The van der Waals surface area contributed by atoms with Crippen LogP contribution in [-0.4, -0.2) is 83.6 Å². The molecule has 152 valence electrons. The second kappa shape index (κ2) is 8.96. The zero-order valence-electron chi connectivity index (χ0n) is 16.3. The lowest BCUT2D eigenvalue weighted by molar-refractivity contribution is -0.149. The maximum absolute atomic E-state index is 12.3. The Hall–Kier alpha value is -2.06. The fourth-order valence-electron chi connectivity index (χ4n) is 4.02. The number of amides is 2. The van der Waals surface area contributed by atoms with Crippen LogP contribution in [0.3, 0.4) is 0 Å². The molecule has 1 atom stereocenters. The molecule has 8 nitrogen and oxygen atoms in total. The van der Waals surface area contributed by atoms with E-state index < -0.39 is 0 Å². The number of hydrogen-bond acceptors (Lipinski definition) is 6. The molecule has 3 fully saturated rings. The SMILES string of the molecule is O=C(NC[C@@H]1CN(CC2CCN(CC3CC3)CC2)C(=O)CO1)c1cnccn1. The van der Waals surface area contributed by atoms with E-state index >= 15 is 0 Å². The number of piperidine rings is 1. The van der Waals surface area contributed by atoms with Gasteiger partial charge in [-0.2, -0.15) is 0 Å². The lowest BCUT2D eigenvalue weighted by Crippen LogP contribution is -2.52. The molecule has 0 unspecified atom stereocenters. The van der Waals surface area contributed by atoms with Crippen LogP contribution in [-0.2, 0) is 9.53 Å². The molecule has 2 aliphatic heterocycles. The average molecular weight is 387 g/mol. The van der Waals surface area contributed by atoms with E-state index in [1.807, 2.05) is 4.90 Å². The molecule has 2 saturated heterocycles. The van der Waals surface area contributed by atoms with Crippen LogP contribution in [0, 0.1) is 11.8 Å². The van der Waals surface area contributed by atoms with E-state index in [1.165, 1.54) is 38.0 Å². The summed E-state index contributed by atoms with van der Waals surface area (Å²) in [6.07, 6.45) is 9.38. The van der Waals surface area contributed by atoms with E-state index in [9.17, 15) is 9.59 Å². The number of carbonyl (C=O) groups excluding carboxylic acids is 2. The van der Waals surface area contributed by atoms with Crippen molar-refractivity contribution in [3.05, 3.63) is 24.3 Å². The zero-order chi connectivity index (χ0) is 19.3. The molecule has 8 heteroatoms. The zero-order valence-corrected chi connectivity index (χ0v) is 16.3. The van der Waals surface area contributed by atoms with Gasteiger partial charge in [-0.15, -0.1) is 0 Å². The van der Waals surface area contributed by atoms with E-state index in [2.05, 4.69) is 20.2 Å². The first-order chi connectivity index (χ1) is 13.7. The molecule has 0 radical (unpaired) electrons. The van der Waals surface area contributed by atoms with Gasteiger partial charge in [-0.05, 0) is 50.6 Å². The molecule has 0 bridgehead atoms. The number of rotatable bonds is 7. The Labute approximate surface area is 165 Å². The first kappa shape index (κ1) is 19.3. The van der Waals surface area contributed by atoms with Crippen molar-refractivity contribution in [3.8, 4) is 0 Å². The van der Waals surface area contributed by atoms with Crippen LogP contribution in [0.15, 0.2) is 18.6 Å². The Bertz CT molecular complexity index is 674. The Morgan fingerprint density at radius 1 is 1.14 bits per heavy atom. The maximum atomic E-state index is 12.3. The summed E-state index contributed by atoms with van der Waals surface area (Å²) in [5.74, 6) is 1.28. The van der Waals surface area contributed by atoms with Crippen LogP contribution in [0.2, 0.25) is 0 Å². The third-order valence-electron chi connectivity index (χ3n) is 5.90. The van der Waals surface area contributed by atoms with Crippen molar-refractivity contribution < 1.29 is 14.3 Å². The molecule has 1 aromatic rings. The summed E-state index contributed by atoms with van der Waals surface area (Å²) < 4.78 is 5.61. The number of ether oxygens (including phenoxy) is 1. The molecule has 0 aromatic carbocycles. The van der Waals surface area contributed by atoms with Gasteiger partial charge in [0, 0.05) is 38.6 Å². The smallest absolute Gasteiger partial charge is 0.271 e. The number of likely N-dealkylation sites (tertiary alicyclic amines) is 1. The molecule has 3 heterocycles. The minimum atomic E-state index is -0.275. The second-order valence-corrected chi connectivity index (χ2v) is 8.22. The molecule has 1 saturated carbocycles. The van der Waals surface area contributed by atoms with Gasteiger partial charge in [-0.25, -0.2) is 4.98 Å². The van der Waals surface area contributed by atoms with Gasteiger partial charge in [-0.1, -0.05) is 0 Å². The van der Waals surface area contributed by atoms with Crippen LogP contribution in [0.5, 0.6) is 0 Å². The van der Waals surface area contributed by atoms with Gasteiger partial charge >= 0.3 is 0 Å². The fourth-order valence-corrected chi connectivity index (χ4v) is 4.02. The van der Waals surface area contributed by atoms with E-state index in [1.54, 1.807) is 0 Å². The summed E-state index contributed by atoms with van der Waals surface area (Å²) in [5, 5.41) is 2.83. The number of carbonyl (C=O) groups is 2. The van der Waals surface area contributed by atoms with Crippen molar-refractivity contribution >= 4 is 11.8 Å². The summed E-state index contributed by atoms with van der Waals surface area (Å²) in [6, 6.07) is 0. The predicted octanol–water partition coefficient (Wildman–Crippen LogP) is 0.556. The third-order valence-corrected chi connectivity index (χ3v) is 5.90. The molecule has 3 aliphatic rings. The van der Waals surface area contributed by atoms with E-state index in [0.717, 1.165) is 38.4 Å². The van der Waals surface area contributed by atoms with Crippen molar-refractivity contribution in [2.45, 2.75) is 31.8 Å². The molecule has 0 spiro atoms. The monoisotopic (exact) mass is 387 g/mol. The quantitative estimate of drug-likeness (QED) is 0.735. The number of morpholine rings is 1. The van der Waals surface area contributed by atoms with Crippen LogP contribution in [0.4, 0.5) is 0 Å². The normalized spacial score (nSPS) is 24.4. The minimum Gasteiger partial charge on any atom is -0.365 e. The first-order valence-corrected chi connectivity index (χ1v) is 10.3. The largest absolute Gasteiger partial charge is 0.365 e. The van der Waals surface area contributed by atoms with Gasteiger partial charge in [0.15, 0.2) is 0 Å². The van der Waals surface area contributed by atoms with Gasteiger partial charge in [0.05, 0.1) is 12.3 Å². The van der Waals surface area contributed by atoms with Crippen LogP contribution in [0.1, 0.15) is 36.2 Å². The van der Waals surface area contributed by atoms with Gasteiger partial charge in [0.1, 0.15) is 12.3 Å². The van der Waals surface area contributed by atoms with Crippen LogP contribution >= 0.6 is 0 Å². The Kier molecular flexibility index (Phi) is 6.17. The minimum absolute atomic E-state index is 0.0527. The number of hydrogen-bond donors (Lipinski definition) is 1. The fraction of sp³-hybridized carbons (Fsp3) is 0.700. The highest BCUT2D eigenvalue weighted by Gasteiger charge is 2.31. The molecule has 4 rings (SSSR count). The highest BCUT2D eigenvalue weighted by molar-refractivity contribution is 5.91. The summed E-state index contributed by atoms with van der Waals surface area (Å²) in [6.45, 7) is 5.34. The molecule has 2 amide bonds. The molecular weight excluding hydrogens is 358 g/mol. The molecule has 1 N–H and O–H groups in total. The van der Waals surface area contributed by atoms with E-state index in [0.29, 0.717) is 19.0 Å². The van der Waals surface area contributed by atoms with E-state index in [4.69, 9.17) is 4.74 Å². The first-order valence-electron chi connectivity index (χ1n) is 10.3. The summed E-state index contributed by atoms with van der Waals surface area (Å²) in [4.78, 5) is 36.8. The van der Waals surface area contributed by atoms with Crippen LogP contribution in [0.25, 0.3) is 0 Å². The molecule has 1 aromatic heterocycles. The lowest BCUT2D eigenvalue weighted by atomic mass is 9.95. The van der Waals surface area contributed by atoms with Gasteiger partial charge in [0.25, 0.3) is 5.91 Å². The summed E-state index contributed by atoms with van der Waals surface area (Å²) >= 11 is 0. The number of nitrogens with zero attached hydrogens (tertiary/aromatic N) is 4. The Balaban J connectivity index is 1.21. The van der Waals surface area contributed by atoms with Gasteiger partial charge in [-0.3, -0.25) is 14.6 Å². The standard InChI is InChI=1S/C20H29N5O3/c26-19-14-28-17(9-23-20(27)18-10-21-5-6-22-18)13-25(19)12-16-3-7-24(8-4-16)11-15-1-2-15/h5-6,10,15-17H,1-4,7-9,11-14H2,(H,23,27)/t17-/m1/s1. The third kappa shape index (κ3) is 5.26. The lowest BCUT2D eigenvalue weighted by Gasteiger charge is -2.38.